The molecule has 1 atom stereocenters. The molecule has 1 aromatic heterocycles. The van der Waals surface area contributed by atoms with Crippen molar-refractivity contribution in [1.29, 1.82) is 0 Å². The minimum absolute atomic E-state index is 0.0191. The second-order valence-corrected chi connectivity index (χ2v) is 5.10. The molecule has 0 fully saturated rings. The number of aliphatic hydroxyl groups excluding tert-OH is 1. The predicted octanol–water partition coefficient (Wildman–Crippen LogP) is 3.79. The van der Waals surface area contributed by atoms with Gasteiger partial charge in [0.05, 0.1) is 6.10 Å². The average Bonchev–Trinajstić information content (AvgIpc) is 2.85. The van der Waals surface area contributed by atoms with Crippen LogP contribution in [0.15, 0.2) is 29.6 Å². The summed E-state index contributed by atoms with van der Waals surface area (Å²) >= 11 is 0.908. The molecule has 0 aliphatic carbocycles. The molecule has 0 spiro atoms. The van der Waals surface area contributed by atoms with E-state index in [4.69, 9.17) is 4.74 Å². The minimum atomic E-state index is -4.42. The van der Waals surface area contributed by atoms with Gasteiger partial charge in [0.2, 0.25) is 0 Å². The maximum absolute atomic E-state index is 12.4. The first-order chi connectivity index (χ1) is 9.36. The van der Waals surface area contributed by atoms with Gasteiger partial charge >= 0.3 is 6.18 Å². The molecular weight excluding hydrogens is 291 g/mol. The van der Waals surface area contributed by atoms with E-state index in [1.165, 1.54) is 0 Å². The fourth-order valence-electron chi connectivity index (χ4n) is 1.50. The number of hydrogen-bond acceptors (Lipinski definition) is 4. The molecule has 0 radical (unpaired) electrons. The van der Waals surface area contributed by atoms with Crippen molar-refractivity contribution in [2.75, 3.05) is 0 Å². The fourth-order valence-corrected chi connectivity index (χ4v) is 2.21. The van der Waals surface area contributed by atoms with Crippen molar-refractivity contribution >= 4 is 11.3 Å². The average molecular weight is 303 g/mol. The Kier molecular flexibility index (Phi) is 4.29. The molecule has 0 unspecified atom stereocenters. The van der Waals surface area contributed by atoms with Gasteiger partial charge in [-0.2, -0.15) is 13.2 Å². The van der Waals surface area contributed by atoms with Crippen LogP contribution in [0, 0.1) is 0 Å². The first kappa shape index (κ1) is 14.8. The van der Waals surface area contributed by atoms with E-state index >= 15 is 0 Å². The van der Waals surface area contributed by atoms with Crippen LogP contribution < -0.4 is 4.74 Å². The molecule has 1 heterocycles. The van der Waals surface area contributed by atoms with E-state index in [0.29, 0.717) is 5.75 Å². The molecule has 0 saturated carbocycles. The molecule has 1 N–H and O–H groups in total. The summed E-state index contributed by atoms with van der Waals surface area (Å²) < 4.78 is 42.4. The third-order valence-corrected chi connectivity index (χ3v) is 3.39. The Bertz CT molecular complexity index is 564. The zero-order chi connectivity index (χ0) is 14.8. The van der Waals surface area contributed by atoms with Gasteiger partial charge in [0, 0.05) is 5.38 Å². The zero-order valence-electron chi connectivity index (χ0n) is 10.5. The summed E-state index contributed by atoms with van der Waals surface area (Å²) in [5.41, 5.74) is -0.156. The summed E-state index contributed by atoms with van der Waals surface area (Å²) in [6.45, 7) is 1.62. The number of rotatable bonds is 4. The van der Waals surface area contributed by atoms with Gasteiger partial charge in [-0.15, -0.1) is 11.3 Å². The summed E-state index contributed by atoms with van der Waals surface area (Å²) in [7, 11) is 0. The van der Waals surface area contributed by atoms with Crippen LogP contribution in [0.2, 0.25) is 0 Å². The van der Waals surface area contributed by atoms with E-state index in [9.17, 15) is 18.3 Å². The van der Waals surface area contributed by atoms with Crippen LogP contribution in [-0.4, -0.2) is 10.1 Å². The fraction of sp³-hybridized carbons (Fsp3) is 0.308. The third kappa shape index (κ3) is 3.71. The van der Waals surface area contributed by atoms with Gasteiger partial charge in [0.15, 0.2) is 5.69 Å². The maximum Gasteiger partial charge on any atom is 0.434 e. The summed E-state index contributed by atoms with van der Waals surface area (Å²) in [6, 6.07) is 6.70. The van der Waals surface area contributed by atoms with Crippen molar-refractivity contribution in [1.82, 2.24) is 4.98 Å². The lowest BCUT2D eigenvalue weighted by Gasteiger charge is -2.07. The zero-order valence-corrected chi connectivity index (χ0v) is 11.3. The van der Waals surface area contributed by atoms with Crippen molar-refractivity contribution in [2.45, 2.75) is 25.8 Å². The number of aromatic nitrogens is 1. The van der Waals surface area contributed by atoms with Crippen LogP contribution in [-0.2, 0) is 12.8 Å². The summed E-state index contributed by atoms with van der Waals surface area (Å²) in [6.07, 6.45) is -4.99. The highest BCUT2D eigenvalue weighted by atomic mass is 32.1. The normalized spacial score (nSPS) is 13.2. The highest BCUT2D eigenvalue weighted by molar-refractivity contribution is 7.09. The van der Waals surface area contributed by atoms with E-state index in [0.717, 1.165) is 22.3 Å². The number of alkyl halides is 3. The van der Waals surface area contributed by atoms with E-state index in [2.05, 4.69) is 4.98 Å². The molecule has 3 nitrogen and oxygen atoms in total. The van der Waals surface area contributed by atoms with Crippen molar-refractivity contribution in [3.8, 4) is 5.75 Å². The van der Waals surface area contributed by atoms with Crippen LogP contribution in [0.4, 0.5) is 13.2 Å². The Morgan fingerprint density at radius 3 is 2.45 bits per heavy atom. The highest BCUT2D eigenvalue weighted by Crippen LogP contribution is 2.30. The molecule has 2 rings (SSSR count). The first-order valence-electron chi connectivity index (χ1n) is 5.78. The number of halogens is 3. The van der Waals surface area contributed by atoms with Crippen molar-refractivity contribution in [3.63, 3.8) is 0 Å². The molecule has 0 aliphatic heterocycles. The van der Waals surface area contributed by atoms with Crippen molar-refractivity contribution in [3.05, 3.63) is 45.9 Å². The van der Waals surface area contributed by atoms with E-state index in [-0.39, 0.29) is 11.6 Å². The SMILES string of the molecule is C[C@H](O)c1ccc(OCc2nc(C(F)(F)F)cs2)cc1. The molecule has 0 amide bonds. The van der Waals surface area contributed by atoms with Gasteiger partial charge in [-0.25, -0.2) is 4.98 Å². The molecule has 2 aromatic rings. The van der Waals surface area contributed by atoms with Crippen molar-refractivity contribution < 1.29 is 23.0 Å². The topological polar surface area (TPSA) is 42.4 Å². The van der Waals surface area contributed by atoms with Crippen LogP contribution >= 0.6 is 11.3 Å². The molecule has 0 aliphatic rings. The number of nitrogens with zero attached hydrogens (tertiary/aromatic N) is 1. The van der Waals surface area contributed by atoms with Gasteiger partial charge in [-0.1, -0.05) is 12.1 Å². The van der Waals surface area contributed by atoms with E-state index < -0.39 is 18.0 Å². The molecule has 20 heavy (non-hydrogen) atoms. The van der Waals surface area contributed by atoms with Crippen molar-refractivity contribution in [2.24, 2.45) is 0 Å². The number of ether oxygens (including phenoxy) is 1. The Balaban J connectivity index is 1.96. The number of thiazole rings is 1. The molecule has 1 aromatic carbocycles. The smallest absolute Gasteiger partial charge is 0.434 e. The second-order valence-electron chi connectivity index (χ2n) is 4.16. The lowest BCUT2D eigenvalue weighted by Crippen LogP contribution is -2.06. The van der Waals surface area contributed by atoms with Crippen LogP contribution in [0.25, 0.3) is 0 Å². The van der Waals surface area contributed by atoms with E-state index in [1.54, 1.807) is 31.2 Å². The standard InChI is InChI=1S/C13H12F3NO2S/c1-8(18)9-2-4-10(5-3-9)19-6-12-17-11(7-20-12)13(14,15)16/h2-5,7-8,18H,6H2,1H3/t8-/m0/s1. The lowest BCUT2D eigenvalue weighted by atomic mass is 10.1. The Morgan fingerprint density at radius 1 is 1.30 bits per heavy atom. The van der Waals surface area contributed by atoms with Crippen LogP contribution in [0.1, 0.15) is 29.3 Å². The Hall–Kier alpha value is -1.60. The maximum atomic E-state index is 12.4. The number of benzene rings is 1. The summed E-state index contributed by atoms with van der Waals surface area (Å²) in [4.78, 5) is 3.47. The predicted molar refractivity (Wildman–Crippen MR) is 68.5 cm³/mol. The third-order valence-electron chi connectivity index (χ3n) is 2.57. The summed E-state index contributed by atoms with van der Waals surface area (Å²) in [5.74, 6) is 0.512. The molecular formula is C13H12F3NO2S. The van der Waals surface area contributed by atoms with Gasteiger partial charge in [-0.3, -0.25) is 0 Å². The molecule has 108 valence electrons. The quantitative estimate of drug-likeness (QED) is 0.934. The van der Waals surface area contributed by atoms with Gasteiger partial charge in [0.25, 0.3) is 0 Å². The number of hydrogen-bond donors (Lipinski definition) is 1. The van der Waals surface area contributed by atoms with Crippen LogP contribution in [0.3, 0.4) is 0 Å². The van der Waals surface area contributed by atoms with Gasteiger partial charge < -0.3 is 9.84 Å². The Morgan fingerprint density at radius 2 is 1.95 bits per heavy atom. The number of aliphatic hydroxyl groups is 1. The summed E-state index contributed by atoms with van der Waals surface area (Å²) in [5, 5.41) is 10.6. The Labute approximate surface area is 117 Å². The highest BCUT2D eigenvalue weighted by Gasteiger charge is 2.33. The lowest BCUT2D eigenvalue weighted by molar-refractivity contribution is -0.140. The monoisotopic (exact) mass is 303 g/mol. The second kappa shape index (κ2) is 5.80. The van der Waals surface area contributed by atoms with Gasteiger partial charge in [0.1, 0.15) is 17.4 Å². The first-order valence-corrected chi connectivity index (χ1v) is 6.66. The largest absolute Gasteiger partial charge is 0.486 e. The molecule has 0 bridgehead atoms. The molecule has 7 heteroatoms. The minimum Gasteiger partial charge on any atom is -0.486 e. The van der Waals surface area contributed by atoms with E-state index in [1.807, 2.05) is 0 Å². The van der Waals surface area contributed by atoms with Crippen LogP contribution in [0.5, 0.6) is 5.75 Å². The van der Waals surface area contributed by atoms with Gasteiger partial charge in [-0.05, 0) is 24.6 Å². The molecule has 0 saturated heterocycles.